The molecule has 1 aromatic heterocycles. The third kappa shape index (κ3) is 6.41. The molecule has 0 amide bonds. The molecule has 2 heterocycles. The third-order valence-electron chi connectivity index (χ3n) is 6.81. The molecule has 7 nitrogen and oxygen atoms in total. The lowest BCUT2D eigenvalue weighted by molar-refractivity contribution is 0.341. The molecule has 0 bridgehead atoms. The lowest BCUT2D eigenvalue weighted by Crippen LogP contribution is -2.51. The molecule has 3 aromatic rings. The molecule has 1 N–H and O–H groups in total. The normalized spacial score (nSPS) is 14.2. The van der Waals surface area contributed by atoms with E-state index in [0.717, 1.165) is 41.2 Å². The Kier molecular flexibility index (Phi) is 8.53. The van der Waals surface area contributed by atoms with Crippen molar-refractivity contribution in [2.24, 2.45) is 5.92 Å². The highest BCUT2D eigenvalue weighted by Gasteiger charge is 2.28. The van der Waals surface area contributed by atoms with Crippen molar-refractivity contribution < 1.29 is 13.2 Å². The summed E-state index contributed by atoms with van der Waals surface area (Å²) in [7, 11) is -3.16. The second kappa shape index (κ2) is 11.5. The fourth-order valence-electron chi connectivity index (χ4n) is 4.47. The van der Waals surface area contributed by atoms with E-state index in [1.54, 1.807) is 0 Å². The molecular formula is C28H30Cl2N4O3S. The van der Waals surface area contributed by atoms with Gasteiger partial charge in [-0.2, -0.15) is 5.26 Å². The number of hydrogen-bond donors (Lipinski definition) is 1. The van der Waals surface area contributed by atoms with Crippen molar-refractivity contribution in [3.8, 4) is 22.9 Å². The van der Waals surface area contributed by atoms with Crippen molar-refractivity contribution >= 4 is 39.0 Å². The maximum atomic E-state index is 11.3. The van der Waals surface area contributed by atoms with Crippen LogP contribution in [-0.2, 0) is 15.4 Å². The number of nitrogens with zero attached hydrogens (tertiary/aromatic N) is 3. The summed E-state index contributed by atoms with van der Waals surface area (Å²) in [6, 6.07) is 18.2. The Morgan fingerprint density at radius 2 is 1.82 bits per heavy atom. The first-order valence-corrected chi connectivity index (χ1v) is 15.0. The smallest absolute Gasteiger partial charge is 0.208 e. The van der Waals surface area contributed by atoms with Crippen LogP contribution in [0.15, 0.2) is 54.7 Å². The van der Waals surface area contributed by atoms with Crippen molar-refractivity contribution in [1.82, 2.24) is 9.71 Å². The third-order valence-corrected chi connectivity index (χ3v) is 7.94. The Morgan fingerprint density at radius 1 is 1.13 bits per heavy atom. The molecule has 200 valence electrons. The number of halogens is 2. The van der Waals surface area contributed by atoms with Crippen LogP contribution in [0.2, 0.25) is 5.02 Å². The van der Waals surface area contributed by atoms with Gasteiger partial charge in [0, 0.05) is 42.7 Å². The van der Waals surface area contributed by atoms with Gasteiger partial charge in [-0.25, -0.2) is 18.1 Å². The largest absolute Gasteiger partial charge is 0.489 e. The molecule has 1 aliphatic heterocycles. The minimum Gasteiger partial charge on any atom is -0.489 e. The van der Waals surface area contributed by atoms with Crippen molar-refractivity contribution in [2.75, 3.05) is 43.3 Å². The average molecular weight is 574 g/mol. The highest BCUT2D eigenvalue weighted by molar-refractivity contribution is 7.88. The summed E-state index contributed by atoms with van der Waals surface area (Å²) >= 11 is 12.2. The number of rotatable bonds is 10. The number of sulfonamides is 1. The van der Waals surface area contributed by atoms with E-state index in [-0.39, 0.29) is 12.5 Å². The number of pyridine rings is 1. The van der Waals surface area contributed by atoms with Gasteiger partial charge in [0.25, 0.3) is 0 Å². The minimum absolute atomic E-state index is 0.275. The minimum atomic E-state index is -3.16. The lowest BCUT2D eigenvalue weighted by atomic mass is 9.77. The summed E-state index contributed by atoms with van der Waals surface area (Å²) in [6.45, 7) is 6.46. The van der Waals surface area contributed by atoms with E-state index in [4.69, 9.17) is 27.9 Å². The molecule has 2 aromatic carbocycles. The predicted octanol–water partition coefficient (Wildman–Crippen LogP) is 5.20. The van der Waals surface area contributed by atoms with E-state index in [9.17, 15) is 13.7 Å². The Morgan fingerprint density at radius 3 is 2.39 bits per heavy atom. The number of aromatic nitrogens is 1. The van der Waals surface area contributed by atoms with Crippen LogP contribution in [0.3, 0.4) is 0 Å². The van der Waals surface area contributed by atoms with Crippen LogP contribution in [0.5, 0.6) is 5.75 Å². The highest BCUT2D eigenvalue weighted by Crippen LogP contribution is 2.39. The Balaban J connectivity index is 1.45. The van der Waals surface area contributed by atoms with Gasteiger partial charge in [-0.05, 0) is 41.0 Å². The Hall–Kier alpha value is -2.83. The Bertz CT molecular complexity index is 1430. The van der Waals surface area contributed by atoms with Gasteiger partial charge in [0.05, 0.1) is 22.7 Å². The summed E-state index contributed by atoms with van der Waals surface area (Å²) in [4.78, 5) is 6.75. The molecule has 0 saturated carbocycles. The second-order valence-corrected chi connectivity index (χ2v) is 12.6. The molecule has 10 heteroatoms. The zero-order valence-electron chi connectivity index (χ0n) is 21.5. The van der Waals surface area contributed by atoms with E-state index < -0.39 is 15.4 Å². The quantitative estimate of drug-likeness (QED) is 0.335. The summed E-state index contributed by atoms with van der Waals surface area (Å²) in [5.74, 6) is 1.84. The van der Waals surface area contributed by atoms with Gasteiger partial charge in [0.15, 0.2) is 5.75 Å². The predicted molar refractivity (Wildman–Crippen MR) is 153 cm³/mol. The van der Waals surface area contributed by atoms with Gasteiger partial charge >= 0.3 is 0 Å². The van der Waals surface area contributed by atoms with Crippen molar-refractivity contribution in [1.29, 1.82) is 5.26 Å². The molecule has 1 fully saturated rings. The fourth-order valence-corrected chi connectivity index (χ4v) is 5.36. The first-order valence-electron chi connectivity index (χ1n) is 12.2. The van der Waals surface area contributed by atoms with Crippen LogP contribution >= 0.6 is 23.2 Å². The molecule has 1 saturated heterocycles. The molecule has 38 heavy (non-hydrogen) atoms. The van der Waals surface area contributed by atoms with Gasteiger partial charge in [-0.15, -0.1) is 11.6 Å². The van der Waals surface area contributed by atoms with E-state index >= 15 is 0 Å². The standard InChI is InChI=1S/C28H30Cl2N4O3S/c1-28(2,24-12-22(14-31)27(25(30)13-24)37-11-10-29)23-7-4-20(5-8-23)21-6-9-26(32-16-21)34-17-19(18-34)15-33-38(3,35)36/h4-9,12-13,16,19,33H,10-11,15,17-18H2,1-3H3. The van der Waals surface area contributed by atoms with Crippen LogP contribution < -0.4 is 14.4 Å². The summed E-state index contributed by atoms with van der Waals surface area (Å²) in [5.41, 5.74) is 4.02. The van der Waals surface area contributed by atoms with Crippen LogP contribution in [0.1, 0.15) is 30.5 Å². The van der Waals surface area contributed by atoms with Gasteiger partial charge in [-0.3, -0.25) is 0 Å². The zero-order chi connectivity index (χ0) is 27.5. The molecule has 0 radical (unpaired) electrons. The van der Waals surface area contributed by atoms with E-state index in [1.165, 1.54) is 6.26 Å². The number of hydrogen-bond acceptors (Lipinski definition) is 6. The number of ether oxygens (including phenoxy) is 1. The fraction of sp³-hybridized carbons (Fsp3) is 0.357. The number of nitrogens with one attached hydrogen (secondary N) is 1. The van der Waals surface area contributed by atoms with E-state index in [0.29, 0.717) is 28.8 Å². The van der Waals surface area contributed by atoms with Gasteiger partial charge in [0.1, 0.15) is 18.5 Å². The van der Waals surface area contributed by atoms with Crippen molar-refractivity contribution in [2.45, 2.75) is 19.3 Å². The molecule has 0 spiro atoms. The molecular weight excluding hydrogens is 543 g/mol. The topological polar surface area (TPSA) is 95.3 Å². The molecule has 1 aliphatic rings. The molecule has 0 aliphatic carbocycles. The van der Waals surface area contributed by atoms with Crippen LogP contribution in [-0.4, -0.2) is 51.8 Å². The van der Waals surface area contributed by atoms with Crippen molar-refractivity contribution in [3.05, 3.63) is 76.4 Å². The number of nitriles is 1. The number of anilines is 1. The summed E-state index contributed by atoms with van der Waals surface area (Å²) < 4.78 is 30.7. The zero-order valence-corrected chi connectivity index (χ0v) is 23.9. The lowest BCUT2D eigenvalue weighted by Gasteiger charge is -2.40. The van der Waals surface area contributed by atoms with Gasteiger partial charge in [-0.1, -0.05) is 49.7 Å². The summed E-state index contributed by atoms with van der Waals surface area (Å²) in [6.07, 6.45) is 3.03. The monoisotopic (exact) mass is 572 g/mol. The van der Waals surface area contributed by atoms with Crippen molar-refractivity contribution in [3.63, 3.8) is 0 Å². The van der Waals surface area contributed by atoms with Gasteiger partial charge in [0.2, 0.25) is 10.0 Å². The average Bonchev–Trinajstić information content (AvgIpc) is 2.86. The molecule has 0 unspecified atom stereocenters. The first-order chi connectivity index (χ1) is 18.0. The maximum Gasteiger partial charge on any atom is 0.208 e. The van der Waals surface area contributed by atoms with Crippen LogP contribution in [0.25, 0.3) is 11.1 Å². The SMILES string of the molecule is CC(C)(c1ccc(-c2ccc(N3CC(CNS(C)(=O)=O)C3)nc2)cc1)c1cc(Cl)c(OCCCl)c(C#N)c1. The maximum absolute atomic E-state index is 11.3. The molecule has 0 atom stereocenters. The highest BCUT2D eigenvalue weighted by atomic mass is 35.5. The van der Waals surface area contributed by atoms with Gasteiger partial charge < -0.3 is 9.64 Å². The first kappa shape index (κ1) is 28.2. The number of alkyl halides is 1. The van der Waals surface area contributed by atoms with Crippen LogP contribution in [0.4, 0.5) is 5.82 Å². The van der Waals surface area contributed by atoms with E-state index in [2.05, 4.69) is 58.8 Å². The van der Waals surface area contributed by atoms with E-state index in [1.807, 2.05) is 30.5 Å². The Labute approximate surface area is 234 Å². The van der Waals surface area contributed by atoms with Crippen LogP contribution in [0, 0.1) is 17.2 Å². The molecule has 4 rings (SSSR count). The number of benzene rings is 2. The summed E-state index contributed by atoms with van der Waals surface area (Å²) in [5, 5.41) is 10.0. The second-order valence-electron chi connectivity index (χ2n) is 9.98.